The van der Waals surface area contributed by atoms with Crippen LogP contribution in [-0.2, 0) is 9.53 Å². The fourth-order valence-electron chi connectivity index (χ4n) is 1.94. The molecule has 0 bridgehead atoms. The molecule has 19 heavy (non-hydrogen) atoms. The van der Waals surface area contributed by atoms with E-state index in [4.69, 9.17) is 4.74 Å². The Labute approximate surface area is 113 Å². The quantitative estimate of drug-likeness (QED) is 0.766. The molecule has 106 valence electrons. The number of hydrogen-bond acceptors (Lipinski definition) is 4. The number of nitrogens with zero attached hydrogens (tertiary/aromatic N) is 1. The molecule has 0 saturated heterocycles. The molecule has 0 aliphatic heterocycles. The zero-order valence-corrected chi connectivity index (χ0v) is 11.6. The molecule has 1 N–H and O–H groups in total. The first-order chi connectivity index (χ1) is 9.13. The molecule has 1 rings (SSSR count). The number of likely N-dealkylation sites (N-methyl/N-ethyl adjacent to an activating group) is 2. The third kappa shape index (κ3) is 4.21. The Bertz CT molecular complexity index is 412. The lowest BCUT2D eigenvalue weighted by atomic mass is 10.2. The first kappa shape index (κ1) is 15.4. The van der Waals surface area contributed by atoms with Crippen LogP contribution in [0, 0.1) is 5.82 Å². The summed E-state index contributed by atoms with van der Waals surface area (Å²) in [5, 5.41) is 3.05. The molecule has 0 aliphatic carbocycles. The number of carbonyl (C=O) groups excluding carboxylic acids is 1. The van der Waals surface area contributed by atoms with E-state index in [0.29, 0.717) is 25.3 Å². The number of benzene rings is 1. The molecule has 0 spiro atoms. The standard InChI is InChI=1S/C14H21FN2O2/c1-4-16-12(14(18)19-3)10-17(5-2)13-9-7-6-8-11(13)15/h6-9,12,16H,4-5,10H2,1-3H3. The number of carbonyl (C=O) groups is 1. The van der Waals surface area contributed by atoms with E-state index >= 15 is 0 Å². The second-order valence-corrected chi connectivity index (χ2v) is 4.12. The molecule has 1 aromatic rings. The van der Waals surface area contributed by atoms with Gasteiger partial charge in [-0.15, -0.1) is 0 Å². The topological polar surface area (TPSA) is 41.6 Å². The summed E-state index contributed by atoms with van der Waals surface area (Å²) in [6.07, 6.45) is 0. The number of anilines is 1. The van der Waals surface area contributed by atoms with Crippen molar-refractivity contribution < 1.29 is 13.9 Å². The molecule has 5 heteroatoms. The van der Waals surface area contributed by atoms with E-state index in [1.54, 1.807) is 18.2 Å². The van der Waals surface area contributed by atoms with Crippen LogP contribution in [0.2, 0.25) is 0 Å². The summed E-state index contributed by atoms with van der Waals surface area (Å²) in [7, 11) is 1.35. The minimum atomic E-state index is -0.463. The van der Waals surface area contributed by atoms with E-state index in [-0.39, 0.29) is 11.8 Å². The van der Waals surface area contributed by atoms with Gasteiger partial charge in [0.1, 0.15) is 11.9 Å². The summed E-state index contributed by atoms with van der Waals surface area (Å²) in [5.74, 6) is -0.624. The van der Waals surface area contributed by atoms with Crippen LogP contribution in [0.5, 0.6) is 0 Å². The average Bonchev–Trinajstić information content (AvgIpc) is 2.43. The van der Waals surface area contributed by atoms with Crippen LogP contribution in [0.1, 0.15) is 13.8 Å². The van der Waals surface area contributed by atoms with E-state index in [0.717, 1.165) is 0 Å². The lowest BCUT2D eigenvalue weighted by Gasteiger charge is -2.27. The molecule has 0 heterocycles. The fraction of sp³-hybridized carbons (Fsp3) is 0.500. The molecule has 0 amide bonds. The highest BCUT2D eigenvalue weighted by Crippen LogP contribution is 2.18. The summed E-state index contributed by atoms with van der Waals surface area (Å²) in [6.45, 7) is 5.47. The van der Waals surface area contributed by atoms with Crippen molar-refractivity contribution in [2.75, 3.05) is 31.6 Å². The van der Waals surface area contributed by atoms with Gasteiger partial charge in [-0.25, -0.2) is 4.39 Å². The van der Waals surface area contributed by atoms with Gasteiger partial charge in [-0.1, -0.05) is 19.1 Å². The maximum Gasteiger partial charge on any atom is 0.324 e. The summed E-state index contributed by atoms with van der Waals surface area (Å²) in [5.41, 5.74) is 0.497. The first-order valence-corrected chi connectivity index (χ1v) is 6.44. The second-order valence-electron chi connectivity index (χ2n) is 4.12. The third-order valence-corrected chi connectivity index (χ3v) is 2.91. The fourth-order valence-corrected chi connectivity index (χ4v) is 1.94. The molecule has 1 aromatic carbocycles. The molecular formula is C14H21FN2O2. The highest BCUT2D eigenvalue weighted by molar-refractivity contribution is 5.76. The lowest BCUT2D eigenvalue weighted by molar-refractivity contribution is -0.142. The monoisotopic (exact) mass is 268 g/mol. The van der Waals surface area contributed by atoms with E-state index in [1.807, 2.05) is 18.7 Å². The zero-order valence-electron chi connectivity index (χ0n) is 11.6. The van der Waals surface area contributed by atoms with Crippen LogP contribution in [0.3, 0.4) is 0 Å². The van der Waals surface area contributed by atoms with Crippen molar-refractivity contribution in [3.63, 3.8) is 0 Å². The Hall–Kier alpha value is -1.62. The van der Waals surface area contributed by atoms with Crippen LogP contribution in [0.25, 0.3) is 0 Å². The van der Waals surface area contributed by atoms with Gasteiger partial charge in [-0.2, -0.15) is 0 Å². The number of hydrogen-bond donors (Lipinski definition) is 1. The third-order valence-electron chi connectivity index (χ3n) is 2.91. The minimum absolute atomic E-state index is 0.288. The van der Waals surface area contributed by atoms with Crippen LogP contribution in [0.4, 0.5) is 10.1 Å². The molecular weight excluding hydrogens is 247 g/mol. The lowest BCUT2D eigenvalue weighted by Crippen LogP contribution is -2.47. The predicted octanol–water partition coefficient (Wildman–Crippen LogP) is 1.80. The van der Waals surface area contributed by atoms with Crippen molar-refractivity contribution in [1.82, 2.24) is 5.32 Å². The second kappa shape index (κ2) is 7.74. The van der Waals surface area contributed by atoms with Gasteiger partial charge in [0.15, 0.2) is 0 Å². The summed E-state index contributed by atoms with van der Waals surface area (Å²) < 4.78 is 18.5. The number of esters is 1. The van der Waals surface area contributed by atoms with Gasteiger partial charge < -0.3 is 15.0 Å². The first-order valence-electron chi connectivity index (χ1n) is 6.44. The Morgan fingerprint density at radius 1 is 1.42 bits per heavy atom. The summed E-state index contributed by atoms with van der Waals surface area (Å²) in [4.78, 5) is 13.5. The zero-order chi connectivity index (χ0) is 14.3. The van der Waals surface area contributed by atoms with Crippen molar-refractivity contribution in [1.29, 1.82) is 0 Å². The number of rotatable bonds is 7. The molecule has 0 fully saturated rings. The smallest absolute Gasteiger partial charge is 0.324 e. The van der Waals surface area contributed by atoms with Crippen molar-refractivity contribution in [3.8, 4) is 0 Å². The molecule has 0 radical (unpaired) electrons. The molecule has 0 saturated carbocycles. The van der Waals surface area contributed by atoms with Crippen molar-refractivity contribution in [3.05, 3.63) is 30.1 Å². The van der Waals surface area contributed by atoms with Crippen molar-refractivity contribution in [2.24, 2.45) is 0 Å². The van der Waals surface area contributed by atoms with Crippen LogP contribution < -0.4 is 10.2 Å². The van der Waals surface area contributed by atoms with Crippen LogP contribution in [0.15, 0.2) is 24.3 Å². The van der Waals surface area contributed by atoms with Gasteiger partial charge in [0.25, 0.3) is 0 Å². The Morgan fingerprint density at radius 2 is 2.11 bits per heavy atom. The highest BCUT2D eigenvalue weighted by atomic mass is 19.1. The van der Waals surface area contributed by atoms with Crippen molar-refractivity contribution >= 4 is 11.7 Å². The Balaban J connectivity index is 2.85. The normalized spacial score (nSPS) is 12.0. The minimum Gasteiger partial charge on any atom is -0.468 e. The molecule has 4 nitrogen and oxygen atoms in total. The van der Waals surface area contributed by atoms with Crippen LogP contribution in [-0.4, -0.2) is 38.8 Å². The SMILES string of the molecule is CCNC(CN(CC)c1ccccc1F)C(=O)OC. The van der Waals surface area contributed by atoms with E-state index in [9.17, 15) is 9.18 Å². The number of para-hydroxylation sites is 1. The Morgan fingerprint density at radius 3 is 2.63 bits per heavy atom. The van der Waals surface area contributed by atoms with Gasteiger partial charge in [0.2, 0.25) is 0 Å². The van der Waals surface area contributed by atoms with Gasteiger partial charge in [-0.05, 0) is 25.6 Å². The Kier molecular flexibility index (Phi) is 6.29. The van der Waals surface area contributed by atoms with E-state index in [2.05, 4.69) is 5.32 Å². The number of halogens is 1. The number of nitrogens with one attached hydrogen (secondary N) is 1. The maximum absolute atomic E-state index is 13.8. The summed E-state index contributed by atoms with van der Waals surface area (Å²) >= 11 is 0. The van der Waals surface area contributed by atoms with Crippen LogP contribution >= 0.6 is 0 Å². The van der Waals surface area contributed by atoms with E-state index in [1.165, 1.54) is 13.2 Å². The highest BCUT2D eigenvalue weighted by Gasteiger charge is 2.22. The molecule has 1 unspecified atom stereocenters. The number of methoxy groups -OCH3 is 1. The largest absolute Gasteiger partial charge is 0.468 e. The van der Waals surface area contributed by atoms with E-state index < -0.39 is 6.04 Å². The van der Waals surface area contributed by atoms with Crippen molar-refractivity contribution in [2.45, 2.75) is 19.9 Å². The number of ether oxygens (including phenoxy) is 1. The van der Waals surface area contributed by atoms with Gasteiger partial charge in [-0.3, -0.25) is 4.79 Å². The maximum atomic E-state index is 13.8. The molecule has 0 aliphatic rings. The van der Waals surface area contributed by atoms with Gasteiger partial charge in [0, 0.05) is 13.1 Å². The molecule has 0 aromatic heterocycles. The van der Waals surface area contributed by atoms with Gasteiger partial charge in [0.05, 0.1) is 12.8 Å². The predicted molar refractivity (Wildman–Crippen MR) is 73.8 cm³/mol. The average molecular weight is 268 g/mol. The summed E-state index contributed by atoms with van der Waals surface area (Å²) in [6, 6.07) is 6.09. The van der Waals surface area contributed by atoms with Gasteiger partial charge >= 0.3 is 5.97 Å². The molecule has 1 atom stereocenters.